The summed E-state index contributed by atoms with van der Waals surface area (Å²) in [5.41, 5.74) is 2.89. The Morgan fingerprint density at radius 1 is 1.14 bits per heavy atom. The van der Waals surface area contributed by atoms with E-state index in [2.05, 4.69) is 17.4 Å². The monoisotopic (exact) mass is 317 g/mol. The molecule has 2 aliphatic heterocycles. The third kappa shape index (κ3) is 2.20. The molecule has 114 valence electrons. The van der Waals surface area contributed by atoms with Crippen LogP contribution in [0.25, 0.3) is 0 Å². The third-order valence-electron chi connectivity index (χ3n) is 4.68. The van der Waals surface area contributed by atoms with Crippen molar-refractivity contribution < 1.29 is 9.13 Å². The predicted molar refractivity (Wildman–Crippen MR) is 85.6 cm³/mol. The van der Waals surface area contributed by atoms with E-state index >= 15 is 0 Å². The Labute approximate surface area is 134 Å². The number of benzene rings is 2. The second-order valence-electron chi connectivity index (χ2n) is 5.95. The van der Waals surface area contributed by atoms with Gasteiger partial charge in [-0.3, -0.25) is 0 Å². The van der Waals surface area contributed by atoms with Crippen molar-refractivity contribution in [2.45, 2.75) is 25.0 Å². The van der Waals surface area contributed by atoms with Gasteiger partial charge in [0.25, 0.3) is 0 Å². The summed E-state index contributed by atoms with van der Waals surface area (Å²) < 4.78 is 19.9. The SMILES string of the molecule is Fc1ccc2c(c1Cl)[C@H]1OCCC[C@H]1[C@H](c1ccccc1)N2. The highest BCUT2D eigenvalue weighted by atomic mass is 35.5. The lowest BCUT2D eigenvalue weighted by Crippen LogP contribution is -2.36. The van der Waals surface area contributed by atoms with Crippen molar-refractivity contribution in [3.63, 3.8) is 0 Å². The Morgan fingerprint density at radius 3 is 2.77 bits per heavy atom. The maximum absolute atomic E-state index is 13.9. The van der Waals surface area contributed by atoms with Gasteiger partial charge in [-0.25, -0.2) is 4.39 Å². The zero-order valence-electron chi connectivity index (χ0n) is 12.1. The second kappa shape index (κ2) is 5.56. The molecule has 3 atom stereocenters. The van der Waals surface area contributed by atoms with Crippen LogP contribution in [-0.2, 0) is 4.74 Å². The highest BCUT2D eigenvalue weighted by molar-refractivity contribution is 6.32. The first kappa shape index (κ1) is 14.0. The van der Waals surface area contributed by atoms with E-state index < -0.39 is 0 Å². The zero-order chi connectivity index (χ0) is 15.1. The average Bonchev–Trinajstić information content (AvgIpc) is 2.58. The molecule has 0 amide bonds. The molecule has 0 bridgehead atoms. The maximum atomic E-state index is 13.9. The van der Waals surface area contributed by atoms with Crippen molar-refractivity contribution in [3.05, 3.63) is 64.4 Å². The summed E-state index contributed by atoms with van der Waals surface area (Å²) in [4.78, 5) is 0. The van der Waals surface area contributed by atoms with Crippen LogP contribution in [0.3, 0.4) is 0 Å². The fourth-order valence-corrected chi connectivity index (χ4v) is 3.95. The number of halogens is 2. The summed E-state index contributed by atoms with van der Waals surface area (Å²) in [5.74, 6) is -0.115. The maximum Gasteiger partial charge on any atom is 0.142 e. The molecule has 1 fully saturated rings. The molecule has 4 heteroatoms. The highest BCUT2D eigenvalue weighted by Gasteiger charge is 2.41. The molecule has 0 radical (unpaired) electrons. The summed E-state index contributed by atoms with van der Waals surface area (Å²) in [6, 6.07) is 13.7. The Balaban J connectivity index is 1.83. The molecule has 2 aromatic carbocycles. The van der Waals surface area contributed by atoms with Gasteiger partial charge in [-0.2, -0.15) is 0 Å². The van der Waals surface area contributed by atoms with Gasteiger partial charge in [-0.05, 0) is 30.5 Å². The molecule has 0 spiro atoms. The van der Waals surface area contributed by atoms with E-state index in [1.54, 1.807) is 6.07 Å². The topological polar surface area (TPSA) is 21.3 Å². The number of rotatable bonds is 1. The smallest absolute Gasteiger partial charge is 0.142 e. The molecular weight excluding hydrogens is 301 g/mol. The molecule has 4 rings (SSSR count). The minimum atomic E-state index is -0.381. The standard InChI is InChI=1S/C18H17ClFNO/c19-16-13(20)8-9-14-15(16)18-12(7-4-10-22-18)17(21-14)11-5-2-1-3-6-11/h1-3,5-6,8-9,12,17-18,21H,4,7,10H2/t12-,17-,18-/m0/s1. The molecule has 0 unspecified atom stereocenters. The lowest BCUT2D eigenvalue weighted by Gasteiger charge is -2.43. The molecule has 0 saturated carbocycles. The minimum absolute atomic E-state index is 0.140. The van der Waals surface area contributed by atoms with Crippen molar-refractivity contribution in [3.8, 4) is 0 Å². The van der Waals surface area contributed by atoms with Crippen molar-refractivity contribution >= 4 is 17.3 Å². The lowest BCUT2D eigenvalue weighted by molar-refractivity contribution is -0.0382. The highest BCUT2D eigenvalue weighted by Crippen LogP contribution is 2.51. The molecule has 2 aromatic rings. The van der Waals surface area contributed by atoms with Crippen LogP contribution in [0.1, 0.15) is 36.1 Å². The summed E-state index contributed by atoms with van der Waals surface area (Å²) in [6.45, 7) is 0.703. The molecule has 22 heavy (non-hydrogen) atoms. The molecule has 2 heterocycles. The normalized spacial score (nSPS) is 26.7. The average molecular weight is 318 g/mol. The minimum Gasteiger partial charge on any atom is -0.377 e. The Hall–Kier alpha value is -1.58. The van der Waals surface area contributed by atoms with E-state index in [1.165, 1.54) is 11.6 Å². The first-order valence-corrected chi connectivity index (χ1v) is 8.04. The van der Waals surface area contributed by atoms with Gasteiger partial charge < -0.3 is 10.1 Å². The van der Waals surface area contributed by atoms with Gasteiger partial charge in [-0.1, -0.05) is 41.9 Å². The fourth-order valence-electron chi connectivity index (χ4n) is 3.68. The number of ether oxygens (including phenoxy) is 1. The number of fused-ring (bicyclic) bond motifs is 3. The van der Waals surface area contributed by atoms with E-state index in [-0.39, 0.29) is 28.9 Å². The number of nitrogens with one attached hydrogen (secondary N) is 1. The molecule has 2 aliphatic rings. The van der Waals surface area contributed by atoms with Crippen molar-refractivity contribution in [2.24, 2.45) is 5.92 Å². The first-order valence-electron chi connectivity index (χ1n) is 7.66. The summed E-state index contributed by atoms with van der Waals surface area (Å²) in [7, 11) is 0. The van der Waals surface area contributed by atoms with Gasteiger partial charge in [0.15, 0.2) is 0 Å². The van der Waals surface area contributed by atoms with Gasteiger partial charge in [0.2, 0.25) is 0 Å². The van der Waals surface area contributed by atoms with E-state index in [4.69, 9.17) is 16.3 Å². The van der Waals surface area contributed by atoms with E-state index in [0.717, 1.165) is 24.1 Å². The Kier molecular flexibility index (Phi) is 3.55. The predicted octanol–water partition coefficient (Wildman–Crippen LogP) is 5.11. The van der Waals surface area contributed by atoms with Crippen LogP contribution in [0.5, 0.6) is 0 Å². The van der Waals surface area contributed by atoms with Gasteiger partial charge in [-0.15, -0.1) is 0 Å². The van der Waals surface area contributed by atoms with Crippen LogP contribution in [0.4, 0.5) is 10.1 Å². The van der Waals surface area contributed by atoms with Crippen molar-refractivity contribution in [1.29, 1.82) is 0 Å². The first-order chi connectivity index (χ1) is 10.8. The van der Waals surface area contributed by atoms with Crippen LogP contribution in [0.15, 0.2) is 42.5 Å². The number of hydrogen-bond donors (Lipinski definition) is 1. The largest absolute Gasteiger partial charge is 0.377 e. The van der Waals surface area contributed by atoms with E-state index in [9.17, 15) is 4.39 Å². The quantitative estimate of drug-likeness (QED) is 0.788. The van der Waals surface area contributed by atoms with Gasteiger partial charge >= 0.3 is 0 Å². The molecule has 1 N–H and O–H groups in total. The van der Waals surface area contributed by atoms with Crippen LogP contribution in [0, 0.1) is 11.7 Å². The molecule has 2 nitrogen and oxygen atoms in total. The van der Waals surface area contributed by atoms with Crippen LogP contribution >= 0.6 is 11.6 Å². The number of hydrogen-bond acceptors (Lipinski definition) is 2. The van der Waals surface area contributed by atoms with E-state index in [1.807, 2.05) is 18.2 Å². The summed E-state index contributed by atoms with van der Waals surface area (Å²) in [5, 5.41) is 3.74. The van der Waals surface area contributed by atoms with Crippen LogP contribution in [-0.4, -0.2) is 6.61 Å². The summed E-state index contributed by atoms with van der Waals surface area (Å²) >= 11 is 6.23. The molecule has 1 saturated heterocycles. The molecule has 0 aliphatic carbocycles. The van der Waals surface area contributed by atoms with Gasteiger partial charge in [0, 0.05) is 23.8 Å². The number of anilines is 1. The molecular formula is C18H17ClFNO. The Bertz CT molecular complexity index is 691. The van der Waals surface area contributed by atoms with Crippen molar-refractivity contribution in [1.82, 2.24) is 0 Å². The van der Waals surface area contributed by atoms with E-state index in [0.29, 0.717) is 6.61 Å². The fraction of sp³-hybridized carbons (Fsp3) is 0.333. The van der Waals surface area contributed by atoms with Crippen molar-refractivity contribution in [2.75, 3.05) is 11.9 Å². The van der Waals surface area contributed by atoms with Crippen LogP contribution in [0.2, 0.25) is 5.02 Å². The lowest BCUT2D eigenvalue weighted by atomic mass is 9.77. The van der Waals surface area contributed by atoms with Gasteiger partial charge in [0.1, 0.15) is 5.82 Å². The second-order valence-corrected chi connectivity index (χ2v) is 6.33. The van der Waals surface area contributed by atoms with Crippen LogP contribution < -0.4 is 5.32 Å². The van der Waals surface area contributed by atoms with Gasteiger partial charge in [0.05, 0.1) is 17.2 Å². The summed E-state index contributed by atoms with van der Waals surface area (Å²) in [6.07, 6.45) is 1.93. The third-order valence-corrected chi connectivity index (χ3v) is 5.07. The Morgan fingerprint density at radius 2 is 1.95 bits per heavy atom. The molecule has 0 aromatic heterocycles. The zero-order valence-corrected chi connectivity index (χ0v) is 12.8.